The van der Waals surface area contributed by atoms with Crippen molar-refractivity contribution in [3.8, 4) is 0 Å². The largest absolute Gasteiger partial charge is 0.317 e. The second kappa shape index (κ2) is 5.55. The highest BCUT2D eigenvalue weighted by molar-refractivity contribution is 5.37. The molecule has 2 atom stereocenters. The number of likely N-dealkylation sites (N-methyl/N-ethyl adjacent to an activating group) is 1. The van der Waals surface area contributed by atoms with Gasteiger partial charge in [-0.3, -0.25) is 15.1 Å². The van der Waals surface area contributed by atoms with E-state index in [2.05, 4.69) is 10.3 Å². The maximum absolute atomic E-state index is 10.9. The lowest BCUT2D eigenvalue weighted by Gasteiger charge is -2.21. The summed E-state index contributed by atoms with van der Waals surface area (Å²) in [5, 5.41) is 14.0. The average Bonchev–Trinajstić information content (AvgIpc) is 2.30. The number of nitro groups is 1. The van der Waals surface area contributed by atoms with E-state index in [0.717, 1.165) is 6.42 Å². The molecule has 2 unspecified atom stereocenters. The van der Waals surface area contributed by atoms with Crippen LogP contribution in [0.25, 0.3) is 0 Å². The SMILES string of the molecule is CCC(c1ncccc1[N+](=O)[O-])C(C)NC. The maximum atomic E-state index is 10.9. The minimum Gasteiger partial charge on any atom is -0.317 e. The van der Waals surface area contributed by atoms with E-state index < -0.39 is 0 Å². The minimum atomic E-state index is -0.368. The summed E-state index contributed by atoms with van der Waals surface area (Å²) in [6.07, 6.45) is 2.42. The van der Waals surface area contributed by atoms with Crippen molar-refractivity contribution >= 4 is 5.69 Å². The van der Waals surface area contributed by atoms with Crippen LogP contribution in [0.15, 0.2) is 18.3 Å². The standard InChI is InChI=1S/C11H17N3O2/c1-4-9(8(2)12-3)11-10(14(15)16)6-5-7-13-11/h5-9,12H,4H2,1-3H3. The molecule has 1 heterocycles. The highest BCUT2D eigenvalue weighted by atomic mass is 16.6. The van der Waals surface area contributed by atoms with Gasteiger partial charge in [0, 0.05) is 24.2 Å². The maximum Gasteiger partial charge on any atom is 0.291 e. The highest BCUT2D eigenvalue weighted by Gasteiger charge is 2.25. The van der Waals surface area contributed by atoms with Crippen LogP contribution in [0.4, 0.5) is 5.69 Å². The van der Waals surface area contributed by atoms with Crippen LogP contribution in [-0.2, 0) is 0 Å². The summed E-state index contributed by atoms with van der Waals surface area (Å²) in [4.78, 5) is 14.7. The average molecular weight is 223 g/mol. The molecule has 0 aromatic carbocycles. The van der Waals surface area contributed by atoms with Crippen LogP contribution in [0.3, 0.4) is 0 Å². The summed E-state index contributed by atoms with van der Waals surface area (Å²) < 4.78 is 0. The van der Waals surface area contributed by atoms with Crippen molar-refractivity contribution in [3.63, 3.8) is 0 Å². The predicted molar refractivity (Wildman–Crippen MR) is 62.4 cm³/mol. The molecule has 0 aliphatic carbocycles. The van der Waals surface area contributed by atoms with Gasteiger partial charge >= 0.3 is 0 Å². The zero-order chi connectivity index (χ0) is 12.1. The number of rotatable bonds is 5. The van der Waals surface area contributed by atoms with Crippen molar-refractivity contribution < 1.29 is 4.92 Å². The van der Waals surface area contributed by atoms with E-state index in [1.54, 1.807) is 12.3 Å². The Balaban J connectivity index is 3.14. The Morgan fingerprint density at radius 1 is 1.62 bits per heavy atom. The Morgan fingerprint density at radius 3 is 2.81 bits per heavy atom. The molecule has 5 nitrogen and oxygen atoms in total. The van der Waals surface area contributed by atoms with E-state index in [1.807, 2.05) is 20.9 Å². The topological polar surface area (TPSA) is 68.1 Å². The molecule has 16 heavy (non-hydrogen) atoms. The monoisotopic (exact) mass is 223 g/mol. The van der Waals surface area contributed by atoms with Crippen LogP contribution in [0.1, 0.15) is 31.9 Å². The van der Waals surface area contributed by atoms with Crippen LogP contribution in [0.2, 0.25) is 0 Å². The molecule has 1 N–H and O–H groups in total. The predicted octanol–water partition coefficient (Wildman–Crippen LogP) is 2.09. The van der Waals surface area contributed by atoms with Gasteiger partial charge in [-0.15, -0.1) is 0 Å². The van der Waals surface area contributed by atoms with Crippen LogP contribution in [0.5, 0.6) is 0 Å². The van der Waals surface area contributed by atoms with E-state index in [-0.39, 0.29) is 22.6 Å². The molecule has 88 valence electrons. The third kappa shape index (κ3) is 2.55. The summed E-state index contributed by atoms with van der Waals surface area (Å²) in [5.41, 5.74) is 0.674. The van der Waals surface area contributed by atoms with Gasteiger partial charge in [0.15, 0.2) is 0 Å². The molecule has 0 aliphatic rings. The molecule has 0 spiro atoms. The Kier molecular flexibility index (Phi) is 4.37. The van der Waals surface area contributed by atoms with Crippen molar-refractivity contribution in [2.45, 2.75) is 32.2 Å². The molecule has 0 radical (unpaired) electrons. The van der Waals surface area contributed by atoms with Crippen molar-refractivity contribution in [2.24, 2.45) is 0 Å². The van der Waals surface area contributed by atoms with E-state index >= 15 is 0 Å². The Labute approximate surface area is 95.0 Å². The molecule has 0 saturated carbocycles. The molecule has 1 aromatic heterocycles. The normalized spacial score (nSPS) is 14.4. The Hall–Kier alpha value is -1.49. The fourth-order valence-electron chi connectivity index (χ4n) is 1.83. The van der Waals surface area contributed by atoms with Gasteiger partial charge in [0.25, 0.3) is 5.69 Å². The van der Waals surface area contributed by atoms with Crippen molar-refractivity contribution in [3.05, 3.63) is 34.1 Å². The van der Waals surface area contributed by atoms with Gasteiger partial charge in [-0.25, -0.2) is 0 Å². The summed E-state index contributed by atoms with van der Waals surface area (Å²) >= 11 is 0. The van der Waals surface area contributed by atoms with E-state index in [0.29, 0.717) is 5.69 Å². The molecule has 1 rings (SSSR count). The highest BCUT2D eigenvalue weighted by Crippen LogP contribution is 2.28. The first kappa shape index (κ1) is 12.6. The van der Waals surface area contributed by atoms with Gasteiger partial charge < -0.3 is 5.32 Å². The Morgan fingerprint density at radius 2 is 2.31 bits per heavy atom. The zero-order valence-electron chi connectivity index (χ0n) is 9.80. The van der Waals surface area contributed by atoms with Crippen LogP contribution in [0, 0.1) is 10.1 Å². The van der Waals surface area contributed by atoms with Crippen molar-refractivity contribution in [1.82, 2.24) is 10.3 Å². The first-order valence-electron chi connectivity index (χ1n) is 5.38. The summed E-state index contributed by atoms with van der Waals surface area (Å²) in [5.74, 6) is 0.0617. The third-order valence-corrected chi connectivity index (χ3v) is 2.86. The quantitative estimate of drug-likeness (QED) is 0.613. The van der Waals surface area contributed by atoms with E-state index in [4.69, 9.17) is 0 Å². The molecule has 0 aliphatic heterocycles. The first-order valence-corrected chi connectivity index (χ1v) is 5.38. The number of hydrogen-bond acceptors (Lipinski definition) is 4. The van der Waals surface area contributed by atoms with Crippen LogP contribution in [-0.4, -0.2) is 23.0 Å². The summed E-state index contributed by atoms with van der Waals surface area (Å²) in [6, 6.07) is 3.27. The fraction of sp³-hybridized carbons (Fsp3) is 0.545. The molecule has 0 amide bonds. The van der Waals surface area contributed by atoms with Gasteiger partial charge in [0.05, 0.1) is 4.92 Å². The lowest BCUT2D eigenvalue weighted by molar-refractivity contribution is -0.386. The summed E-state index contributed by atoms with van der Waals surface area (Å²) in [7, 11) is 1.85. The van der Waals surface area contributed by atoms with Gasteiger partial charge in [-0.1, -0.05) is 6.92 Å². The lowest BCUT2D eigenvalue weighted by atomic mass is 9.93. The van der Waals surface area contributed by atoms with Gasteiger partial charge in [0.2, 0.25) is 0 Å². The molecule has 0 saturated heterocycles. The summed E-state index contributed by atoms with van der Waals surface area (Å²) in [6.45, 7) is 4.02. The van der Waals surface area contributed by atoms with E-state index in [1.165, 1.54) is 6.07 Å². The van der Waals surface area contributed by atoms with Crippen LogP contribution >= 0.6 is 0 Å². The number of nitrogens with zero attached hydrogens (tertiary/aromatic N) is 2. The fourth-order valence-corrected chi connectivity index (χ4v) is 1.83. The number of pyridine rings is 1. The molecular formula is C11H17N3O2. The first-order chi connectivity index (χ1) is 7.61. The smallest absolute Gasteiger partial charge is 0.291 e. The Bertz CT molecular complexity index is 368. The van der Waals surface area contributed by atoms with Gasteiger partial charge in [0.1, 0.15) is 5.69 Å². The zero-order valence-corrected chi connectivity index (χ0v) is 9.80. The van der Waals surface area contributed by atoms with Gasteiger partial charge in [-0.2, -0.15) is 0 Å². The second-order valence-corrected chi connectivity index (χ2v) is 3.76. The third-order valence-electron chi connectivity index (χ3n) is 2.86. The minimum absolute atomic E-state index is 0.0617. The van der Waals surface area contributed by atoms with E-state index in [9.17, 15) is 10.1 Å². The van der Waals surface area contributed by atoms with Gasteiger partial charge in [-0.05, 0) is 26.5 Å². The molecule has 0 bridgehead atoms. The van der Waals surface area contributed by atoms with Crippen molar-refractivity contribution in [2.75, 3.05) is 7.05 Å². The molecule has 1 aromatic rings. The number of nitrogens with one attached hydrogen (secondary N) is 1. The van der Waals surface area contributed by atoms with Crippen LogP contribution < -0.4 is 5.32 Å². The number of hydrogen-bond donors (Lipinski definition) is 1. The molecular weight excluding hydrogens is 206 g/mol. The molecule has 0 fully saturated rings. The second-order valence-electron chi connectivity index (χ2n) is 3.76. The number of aromatic nitrogens is 1. The molecule has 5 heteroatoms. The lowest BCUT2D eigenvalue weighted by Crippen LogP contribution is -2.29. The van der Waals surface area contributed by atoms with Crippen molar-refractivity contribution in [1.29, 1.82) is 0 Å².